The molecule has 0 fully saturated rings. The molecule has 3 amide bonds. The van der Waals surface area contributed by atoms with Crippen LogP contribution in [0.3, 0.4) is 0 Å². The van der Waals surface area contributed by atoms with Gasteiger partial charge in [0, 0.05) is 0 Å². The van der Waals surface area contributed by atoms with Crippen LogP contribution in [0.2, 0.25) is 0 Å². The lowest BCUT2D eigenvalue weighted by molar-refractivity contribution is -0.119. The molecule has 0 spiro atoms. The third kappa shape index (κ3) is 3.82. The largest absolute Gasteiger partial charge is 0.351 e. The number of para-hydroxylation sites is 2. The summed E-state index contributed by atoms with van der Waals surface area (Å²) < 4.78 is 15.5. The van der Waals surface area contributed by atoms with E-state index in [4.69, 9.17) is 5.73 Å². The van der Waals surface area contributed by atoms with Gasteiger partial charge in [0.25, 0.3) is 5.56 Å². The molecule has 9 heteroatoms. The molecular formula is C18H15FN4O3S. The van der Waals surface area contributed by atoms with Gasteiger partial charge in [-0.1, -0.05) is 36.0 Å². The normalized spacial score (nSPS) is 11.9. The molecule has 0 saturated heterocycles. The Hall–Kier alpha value is -3.20. The summed E-state index contributed by atoms with van der Waals surface area (Å²) in [6, 6.07) is 11.5. The fourth-order valence-corrected chi connectivity index (χ4v) is 3.39. The number of primary amides is 1. The van der Waals surface area contributed by atoms with Gasteiger partial charge in [0.1, 0.15) is 5.82 Å². The van der Waals surface area contributed by atoms with Crippen molar-refractivity contribution >= 4 is 34.6 Å². The number of aromatic nitrogens is 2. The first-order valence-corrected chi connectivity index (χ1v) is 8.80. The van der Waals surface area contributed by atoms with E-state index in [2.05, 4.69) is 4.98 Å². The van der Waals surface area contributed by atoms with E-state index < -0.39 is 28.6 Å². The molecule has 0 bridgehead atoms. The van der Waals surface area contributed by atoms with Crippen molar-refractivity contribution in [3.05, 3.63) is 64.7 Å². The first-order chi connectivity index (χ1) is 12.9. The van der Waals surface area contributed by atoms with Gasteiger partial charge in [0.05, 0.1) is 21.8 Å². The zero-order valence-electron chi connectivity index (χ0n) is 14.2. The summed E-state index contributed by atoms with van der Waals surface area (Å²) in [5.74, 6) is -1.25. The molecule has 7 nitrogen and oxygen atoms in total. The fraction of sp³-hybridized carbons (Fsp3) is 0.111. The SMILES string of the molecule is C[C@@H](Sc1nc2ccccc2c(=O)n1-c1ccccc1F)C(=O)NC(N)=O. The molecule has 0 aliphatic heterocycles. The van der Waals surface area contributed by atoms with Crippen LogP contribution in [0.1, 0.15) is 6.92 Å². The predicted octanol–water partition coefficient (Wildman–Crippen LogP) is 2.20. The second-order valence-electron chi connectivity index (χ2n) is 5.62. The Morgan fingerprint density at radius 1 is 1.19 bits per heavy atom. The van der Waals surface area contributed by atoms with Gasteiger partial charge in [-0.15, -0.1) is 0 Å². The molecule has 27 heavy (non-hydrogen) atoms. The lowest BCUT2D eigenvalue weighted by atomic mass is 10.2. The van der Waals surface area contributed by atoms with E-state index in [0.29, 0.717) is 10.9 Å². The van der Waals surface area contributed by atoms with E-state index in [1.807, 2.05) is 5.32 Å². The van der Waals surface area contributed by atoms with Gasteiger partial charge in [-0.3, -0.25) is 19.5 Å². The monoisotopic (exact) mass is 386 g/mol. The van der Waals surface area contributed by atoms with Crippen LogP contribution in [-0.2, 0) is 4.79 Å². The van der Waals surface area contributed by atoms with E-state index in [1.165, 1.54) is 25.1 Å². The highest BCUT2D eigenvalue weighted by Gasteiger charge is 2.22. The number of carbonyl (C=O) groups excluding carboxylic acids is 2. The lowest BCUT2D eigenvalue weighted by Crippen LogP contribution is -2.39. The van der Waals surface area contributed by atoms with Crippen molar-refractivity contribution in [3.63, 3.8) is 0 Å². The number of imide groups is 1. The molecule has 0 saturated carbocycles. The number of nitrogens with zero attached hydrogens (tertiary/aromatic N) is 2. The van der Waals surface area contributed by atoms with Crippen molar-refractivity contribution in [2.75, 3.05) is 0 Å². The number of benzene rings is 2. The molecule has 0 radical (unpaired) electrons. The Morgan fingerprint density at radius 3 is 2.56 bits per heavy atom. The highest BCUT2D eigenvalue weighted by molar-refractivity contribution is 8.00. The van der Waals surface area contributed by atoms with E-state index >= 15 is 0 Å². The average molecular weight is 386 g/mol. The number of nitrogens with one attached hydrogen (secondary N) is 1. The number of hydrogen-bond acceptors (Lipinski definition) is 5. The van der Waals surface area contributed by atoms with Crippen LogP contribution in [0.5, 0.6) is 0 Å². The Morgan fingerprint density at radius 2 is 1.85 bits per heavy atom. The summed E-state index contributed by atoms with van der Waals surface area (Å²) >= 11 is 0.918. The average Bonchev–Trinajstić information content (AvgIpc) is 2.62. The number of nitrogens with two attached hydrogens (primary N) is 1. The Kier molecular flexibility index (Phi) is 5.22. The summed E-state index contributed by atoms with van der Waals surface area (Å²) in [6.07, 6.45) is 0. The first-order valence-electron chi connectivity index (χ1n) is 7.92. The van der Waals surface area contributed by atoms with Crippen LogP contribution >= 0.6 is 11.8 Å². The van der Waals surface area contributed by atoms with Gasteiger partial charge in [-0.2, -0.15) is 0 Å². The van der Waals surface area contributed by atoms with Crippen molar-refractivity contribution in [3.8, 4) is 5.69 Å². The fourth-order valence-electron chi connectivity index (χ4n) is 2.47. The molecule has 2 aromatic carbocycles. The first kappa shape index (κ1) is 18.6. The molecular weight excluding hydrogens is 371 g/mol. The molecule has 1 aromatic heterocycles. The standard InChI is InChI=1S/C18H15FN4O3S/c1-10(15(24)22-17(20)26)27-18-21-13-8-4-2-6-11(13)16(25)23(18)14-9-5-3-7-12(14)19/h2-10H,1H3,(H3,20,22,24,26)/t10-/m1/s1. The summed E-state index contributed by atoms with van der Waals surface area (Å²) in [5, 5.41) is 1.61. The van der Waals surface area contributed by atoms with E-state index in [1.54, 1.807) is 30.3 Å². The second kappa shape index (κ2) is 7.58. The number of thioether (sulfide) groups is 1. The van der Waals surface area contributed by atoms with Crippen LogP contribution in [0.4, 0.5) is 9.18 Å². The Labute approximate surface area is 157 Å². The molecule has 3 N–H and O–H groups in total. The lowest BCUT2D eigenvalue weighted by Gasteiger charge is -2.16. The topological polar surface area (TPSA) is 107 Å². The quantitative estimate of drug-likeness (QED) is 0.528. The van der Waals surface area contributed by atoms with Gasteiger partial charge >= 0.3 is 6.03 Å². The number of fused-ring (bicyclic) bond motifs is 1. The van der Waals surface area contributed by atoms with Crippen LogP contribution in [-0.4, -0.2) is 26.7 Å². The van der Waals surface area contributed by atoms with Crippen LogP contribution < -0.4 is 16.6 Å². The maximum absolute atomic E-state index is 14.4. The maximum atomic E-state index is 14.4. The zero-order valence-corrected chi connectivity index (χ0v) is 15.0. The predicted molar refractivity (Wildman–Crippen MR) is 100 cm³/mol. The number of amides is 3. The Bertz CT molecular complexity index is 1100. The summed E-state index contributed by atoms with van der Waals surface area (Å²) in [6.45, 7) is 1.52. The van der Waals surface area contributed by atoms with Crippen molar-refractivity contribution in [1.29, 1.82) is 0 Å². The molecule has 1 atom stereocenters. The molecule has 138 valence electrons. The van der Waals surface area contributed by atoms with Crippen LogP contribution in [0, 0.1) is 5.82 Å². The van der Waals surface area contributed by atoms with E-state index in [9.17, 15) is 18.8 Å². The van der Waals surface area contributed by atoms with Crippen molar-refractivity contribution in [1.82, 2.24) is 14.9 Å². The van der Waals surface area contributed by atoms with Crippen molar-refractivity contribution < 1.29 is 14.0 Å². The zero-order chi connectivity index (χ0) is 19.6. The number of rotatable bonds is 4. The maximum Gasteiger partial charge on any atom is 0.318 e. The Balaban J connectivity index is 2.17. The third-order valence-corrected chi connectivity index (χ3v) is 4.79. The molecule has 0 aliphatic carbocycles. The smallest absolute Gasteiger partial charge is 0.318 e. The van der Waals surface area contributed by atoms with E-state index in [-0.39, 0.29) is 10.8 Å². The minimum Gasteiger partial charge on any atom is -0.351 e. The molecule has 3 rings (SSSR count). The molecule has 3 aromatic rings. The van der Waals surface area contributed by atoms with Gasteiger partial charge < -0.3 is 5.73 Å². The minimum atomic E-state index is -0.981. The van der Waals surface area contributed by atoms with E-state index in [0.717, 1.165) is 16.3 Å². The third-order valence-electron chi connectivity index (χ3n) is 3.74. The summed E-state index contributed by atoms with van der Waals surface area (Å²) in [4.78, 5) is 40.3. The highest BCUT2D eigenvalue weighted by Crippen LogP contribution is 2.26. The summed E-state index contributed by atoms with van der Waals surface area (Å²) in [7, 11) is 0. The molecule has 1 heterocycles. The van der Waals surface area contributed by atoms with Gasteiger partial charge in [0.2, 0.25) is 5.91 Å². The highest BCUT2D eigenvalue weighted by atomic mass is 32.2. The number of urea groups is 1. The number of hydrogen-bond donors (Lipinski definition) is 2. The van der Waals surface area contributed by atoms with Crippen LogP contribution in [0.15, 0.2) is 58.5 Å². The van der Waals surface area contributed by atoms with Gasteiger partial charge in [0.15, 0.2) is 5.16 Å². The van der Waals surface area contributed by atoms with Gasteiger partial charge in [-0.05, 0) is 31.2 Å². The van der Waals surface area contributed by atoms with Gasteiger partial charge in [-0.25, -0.2) is 14.2 Å². The van der Waals surface area contributed by atoms with Crippen LogP contribution in [0.25, 0.3) is 16.6 Å². The second-order valence-corrected chi connectivity index (χ2v) is 6.93. The molecule has 0 aliphatic rings. The van der Waals surface area contributed by atoms with Crippen molar-refractivity contribution in [2.24, 2.45) is 5.73 Å². The number of halogens is 1. The number of carbonyl (C=O) groups is 2. The minimum absolute atomic E-state index is 0.0192. The molecule has 0 unspecified atom stereocenters. The summed E-state index contributed by atoms with van der Waals surface area (Å²) in [5.41, 5.74) is 4.94. The van der Waals surface area contributed by atoms with Crippen molar-refractivity contribution in [2.45, 2.75) is 17.3 Å².